The molecule has 19 heavy (non-hydrogen) atoms. The third-order valence-electron chi connectivity index (χ3n) is 4.02. The minimum Gasteiger partial charge on any atom is -0.337 e. The van der Waals surface area contributed by atoms with E-state index in [-0.39, 0.29) is 5.41 Å². The van der Waals surface area contributed by atoms with Crippen LogP contribution in [0.3, 0.4) is 0 Å². The highest BCUT2D eigenvalue weighted by Gasteiger charge is 2.41. The van der Waals surface area contributed by atoms with Gasteiger partial charge in [0.2, 0.25) is 5.91 Å². The van der Waals surface area contributed by atoms with E-state index in [9.17, 15) is 4.79 Å². The van der Waals surface area contributed by atoms with E-state index < -0.39 is 0 Å². The van der Waals surface area contributed by atoms with Crippen LogP contribution < -0.4 is 5.32 Å². The lowest BCUT2D eigenvalue weighted by Crippen LogP contribution is -2.44. The molecule has 1 aliphatic heterocycles. The summed E-state index contributed by atoms with van der Waals surface area (Å²) in [4.78, 5) is 16.0. The van der Waals surface area contributed by atoms with Crippen molar-refractivity contribution < 1.29 is 4.79 Å². The van der Waals surface area contributed by atoms with Crippen LogP contribution in [0.5, 0.6) is 0 Å². The molecule has 5 heteroatoms. The first kappa shape index (κ1) is 15.0. The summed E-state index contributed by atoms with van der Waals surface area (Å²) in [5.41, 5.74) is -0.176. The zero-order valence-corrected chi connectivity index (χ0v) is 13.9. The van der Waals surface area contributed by atoms with Crippen LogP contribution in [0.2, 0.25) is 0 Å². The average molecular weight is 345 g/mol. The van der Waals surface area contributed by atoms with Crippen LogP contribution >= 0.6 is 27.3 Å². The Kier molecular flexibility index (Phi) is 5.03. The van der Waals surface area contributed by atoms with Crippen LogP contribution in [0.1, 0.15) is 31.6 Å². The van der Waals surface area contributed by atoms with Gasteiger partial charge < -0.3 is 10.2 Å². The van der Waals surface area contributed by atoms with E-state index in [4.69, 9.17) is 0 Å². The van der Waals surface area contributed by atoms with E-state index in [2.05, 4.69) is 41.2 Å². The van der Waals surface area contributed by atoms with Gasteiger partial charge in [-0.1, -0.05) is 6.92 Å². The van der Waals surface area contributed by atoms with Crippen molar-refractivity contribution in [2.45, 2.75) is 33.2 Å². The summed E-state index contributed by atoms with van der Waals surface area (Å²) in [6.07, 6.45) is 1.89. The Morgan fingerprint density at radius 3 is 2.79 bits per heavy atom. The second-order valence-electron chi connectivity index (χ2n) is 5.09. The third kappa shape index (κ3) is 3.20. The molecule has 2 rings (SSSR count). The summed E-state index contributed by atoms with van der Waals surface area (Å²) in [7, 11) is 0. The quantitative estimate of drug-likeness (QED) is 0.889. The number of carbonyl (C=O) groups excluding carboxylic acids is 1. The van der Waals surface area contributed by atoms with E-state index >= 15 is 0 Å². The second kappa shape index (κ2) is 6.37. The van der Waals surface area contributed by atoms with E-state index in [0.29, 0.717) is 5.91 Å². The molecule has 0 radical (unpaired) electrons. The van der Waals surface area contributed by atoms with E-state index in [1.807, 2.05) is 11.0 Å². The lowest BCUT2D eigenvalue weighted by atomic mass is 9.82. The molecule has 1 fully saturated rings. The maximum absolute atomic E-state index is 12.8. The Hall–Kier alpha value is -0.390. The number of hydrogen-bond acceptors (Lipinski definition) is 3. The number of hydrogen-bond donors (Lipinski definition) is 1. The van der Waals surface area contributed by atoms with Crippen molar-refractivity contribution in [2.24, 2.45) is 5.41 Å². The van der Waals surface area contributed by atoms with Gasteiger partial charge >= 0.3 is 0 Å². The molecule has 2 heterocycles. The first-order chi connectivity index (χ1) is 9.11. The maximum Gasteiger partial charge on any atom is 0.230 e. The fraction of sp³-hybridized carbons (Fsp3) is 0.643. The van der Waals surface area contributed by atoms with E-state index in [1.54, 1.807) is 11.3 Å². The molecule has 0 aromatic carbocycles. The van der Waals surface area contributed by atoms with Gasteiger partial charge in [0.1, 0.15) is 0 Å². The molecule has 1 unspecified atom stereocenters. The van der Waals surface area contributed by atoms with Gasteiger partial charge in [-0.15, -0.1) is 11.3 Å². The van der Waals surface area contributed by atoms with Crippen molar-refractivity contribution in [2.75, 3.05) is 19.6 Å². The fourth-order valence-corrected chi connectivity index (χ4v) is 4.17. The highest BCUT2D eigenvalue weighted by molar-refractivity contribution is 9.11. The van der Waals surface area contributed by atoms with Crippen molar-refractivity contribution in [3.05, 3.63) is 20.8 Å². The number of rotatable bonds is 5. The molecular formula is C14H21BrN2OS. The number of halogens is 1. The third-order valence-corrected chi connectivity index (χ3v) is 5.63. The molecule has 1 saturated heterocycles. The Morgan fingerprint density at radius 2 is 2.32 bits per heavy atom. The summed E-state index contributed by atoms with van der Waals surface area (Å²) in [5.74, 6) is 0.312. The summed E-state index contributed by atoms with van der Waals surface area (Å²) in [5, 5.41) is 3.34. The largest absolute Gasteiger partial charge is 0.337 e. The number of thiophene rings is 1. The fourth-order valence-electron chi connectivity index (χ4n) is 2.67. The van der Waals surface area contributed by atoms with Gasteiger partial charge in [0, 0.05) is 18.0 Å². The highest BCUT2D eigenvalue weighted by atomic mass is 79.9. The molecule has 0 aliphatic carbocycles. The minimum absolute atomic E-state index is 0.176. The minimum atomic E-state index is -0.176. The van der Waals surface area contributed by atoms with Crippen molar-refractivity contribution in [1.82, 2.24) is 10.2 Å². The molecule has 106 valence electrons. The molecule has 0 bridgehead atoms. The predicted molar refractivity (Wildman–Crippen MR) is 83.3 cm³/mol. The molecule has 1 aromatic heterocycles. The molecule has 0 saturated carbocycles. The number of amides is 1. The van der Waals surface area contributed by atoms with Crippen LogP contribution in [-0.4, -0.2) is 30.4 Å². The zero-order valence-electron chi connectivity index (χ0n) is 11.5. The molecule has 1 N–H and O–H groups in total. The second-order valence-corrected chi connectivity index (χ2v) is 7.63. The number of carbonyl (C=O) groups is 1. The SMILES string of the molecule is CCN(Cc1ccc(Br)s1)C(=O)C1(CC)CCNC1. The van der Waals surface area contributed by atoms with Gasteiger partial charge in [0.25, 0.3) is 0 Å². The Bertz CT molecular complexity index is 440. The van der Waals surface area contributed by atoms with Crippen LogP contribution in [0.15, 0.2) is 15.9 Å². The van der Waals surface area contributed by atoms with Gasteiger partial charge in [-0.25, -0.2) is 0 Å². The van der Waals surface area contributed by atoms with Gasteiger partial charge in [0.05, 0.1) is 15.7 Å². The molecule has 1 aromatic rings. The first-order valence-corrected chi connectivity index (χ1v) is 8.46. The van der Waals surface area contributed by atoms with Gasteiger partial charge in [-0.05, 0) is 54.4 Å². The van der Waals surface area contributed by atoms with Crippen molar-refractivity contribution in [1.29, 1.82) is 0 Å². The van der Waals surface area contributed by atoms with E-state index in [0.717, 1.165) is 42.8 Å². The lowest BCUT2D eigenvalue weighted by Gasteiger charge is -2.32. The van der Waals surface area contributed by atoms with Crippen molar-refractivity contribution in [3.63, 3.8) is 0 Å². The van der Waals surface area contributed by atoms with E-state index in [1.165, 1.54) is 4.88 Å². The molecule has 1 aliphatic rings. The highest BCUT2D eigenvalue weighted by Crippen LogP contribution is 2.33. The van der Waals surface area contributed by atoms with Crippen LogP contribution in [0.4, 0.5) is 0 Å². The zero-order chi connectivity index (χ0) is 13.9. The standard InChI is InChI=1S/C14H21BrN2OS/c1-3-14(7-8-16-10-14)13(18)17(4-2)9-11-5-6-12(15)19-11/h5-6,16H,3-4,7-10H2,1-2H3. The summed E-state index contributed by atoms with van der Waals surface area (Å²) in [6.45, 7) is 7.48. The predicted octanol–water partition coefficient (Wildman–Crippen LogP) is 3.25. The number of nitrogens with one attached hydrogen (secondary N) is 1. The Balaban J connectivity index is 2.10. The molecule has 1 amide bonds. The van der Waals surface area contributed by atoms with Gasteiger partial charge in [0.15, 0.2) is 0 Å². The van der Waals surface area contributed by atoms with Gasteiger partial charge in [-0.3, -0.25) is 4.79 Å². The van der Waals surface area contributed by atoms with Crippen LogP contribution in [0, 0.1) is 5.41 Å². The maximum atomic E-state index is 12.8. The Labute approximate surface area is 127 Å². The smallest absolute Gasteiger partial charge is 0.230 e. The van der Waals surface area contributed by atoms with Crippen molar-refractivity contribution >= 4 is 33.2 Å². The average Bonchev–Trinajstić information content (AvgIpc) is 3.05. The van der Waals surface area contributed by atoms with Crippen LogP contribution in [0.25, 0.3) is 0 Å². The summed E-state index contributed by atoms with van der Waals surface area (Å²) < 4.78 is 1.12. The topological polar surface area (TPSA) is 32.3 Å². The lowest BCUT2D eigenvalue weighted by molar-refractivity contribution is -0.141. The van der Waals surface area contributed by atoms with Gasteiger partial charge in [-0.2, -0.15) is 0 Å². The molecule has 3 nitrogen and oxygen atoms in total. The van der Waals surface area contributed by atoms with Crippen molar-refractivity contribution in [3.8, 4) is 0 Å². The monoisotopic (exact) mass is 344 g/mol. The number of nitrogens with zero attached hydrogens (tertiary/aromatic N) is 1. The summed E-state index contributed by atoms with van der Waals surface area (Å²) >= 11 is 5.18. The molecule has 1 atom stereocenters. The van der Waals surface area contributed by atoms with Crippen LogP contribution in [-0.2, 0) is 11.3 Å². The molecule has 0 spiro atoms. The normalized spacial score (nSPS) is 22.7. The summed E-state index contributed by atoms with van der Waals surface area (Å²) in [6, 6.07) is 4.14. The first-order valence-electron chi connectivity index (χ1n) is 6.85. The molecular weight excluding hydrogens is 324 g/mol. The Morgan fingerprint density at radius 1 is 1.53 bits per heavy atom.